The molecule has 4 heteroatoms. The van der Waals surface area contributed by atoms with E-state index < -0.39 is 0 Å². The first kappa shape index (κ1) is 13.9. The van der Waals surface area contributed by atoms with E-state index in [0.29, 0.717) is 0 Å². The molecule has 1 aromatic carbocycles. The summed E-state index contributed by atoms with van der Waals surface area (Å²) in [4.78, 5) is 4.70. The van der Waals surface area contributed by atoms with E-state index in [9.17, 15) is 0 Å². The third-order valence-electron chi connectivity index (χ3n) is 3.80. The van der Waals surface area contributed by atoms with E-state index in [0.717, 1.165) is 29.9 Å². The average molecular weight is 260 g/mol. The quantitative estimate of drug-likeness (QED) is 0.627. The van der Waals surface area contributed by atoms with E-state index in [1.54, 1.807) is 0 Å². The van der Waals surface area contributed by atoms with E-state index in [2.05, 4.69) is 29.0 Å². The number of hydrogen-bond donors (Lipinski definition) is 2. The van der Waals surface area contributed by atoms with Crippen molar-refractivity contribution < 1.29 is 0 Å². The Hall–Kier alpha value is -1.55. The number of nitrogen functional groups attached to an aromatic ring is 1. The number of nitrogens with one attached hydrogen (secondary N) is 1. The molecule has 0 unspecified atom stereocenters. The van der Waals surface area contributed by atoms with Crippen molar-refractivity contribution in [2.75, 3.05) is 38.1 Å². The lowest BCUT2D eigenvalue weighted by atomic mass is 10.1. The second-order valence-corrected chi connectivity index (χ2v) is 5.40. The van der Waals surface area contributed by atoms with Gasteiger partial charge in [0.1, 0.15) is 5.84 Å². The van der Waals surface area contributed by atoms with Crippen LogP contribution >= 0.6 is 0 Å². The molecule has 0 radical (unpaired) electrons. The molecule has 4 nitrogen and oxygen atoms in total. The maximum Gasteiger partial charge on any atom is 0.124 e. The molecular formula is C15H24N4. The Morgan fingerprint density at radius 2 is 2.05 bits per heavy atom. The van der Waals surface area contributed by atoms with Gasteiger partial charge in [0, 0.05) is 31.4 Å². The Morgan fingerprint density at radius 3 is 2.68 bits per heavy atom. The summed E-state index contributed by atoms with van der Waals surface area (Å²) in [6, 6.07) is 6.13. The highest BCUT2D eigenvalue weighted by molar-refractivity contribution is 6.00. The van der Waals surface area contributed by atoms with Gasteiger partial charge < -0.3 is 15.5 Å². The first-order chi connectivity index (χ1) is 9.08. The molecule has 0 aliphatic carbocycles. The molecule has 0 aromatic heterocycles. The van der Waals surface area contributed by atoms with E-state index in [1.807, 2.05) is 13.0 Å². The smallest absolute Gasteiger partial charge is 0.124 e. The summed E-state index contributed by atoms with van der Waals surface area (Å²) in [5, 5.41) is 7.71. The summed E-state index contributed by atoms with van der Waals surface area (Å²) in [5.74, 6) is 0.145. The van der Waals surface area contributed by atoms with Crippen LogP contribution in [-0.2, 0) is 0 Å². The molecule has 1 aliphatic heterocycles. The third-order valence-corrected chi connectivity index (χ3v) is 3.80. The van der Waals surface area contributed by atoms with Gasteiger partial charge in [-0.15, -0.1) is 0 Å². The van der Waals surface area contributed by atoms with Gasteiger partial charge in [-0.25, -0.2) is 0 Å². The van der Waals surface area contributed by atoms with Crippen molar-refractivity contribution >= 4 is 11.5 Å². The zero-order chi connectivity index (χ0) is 13.8. The molecule has 104 valence electrons. The monoisotopic (exact) mass is 260 g/mol. The van der Waals surface area contributed by atoms with Gasteiger partial charge >= 0.3 is 0 Å². The number of amidine groups is 1. The first-order valence-electron chi connectivity index (χ1n) is 6.96. The second kappa shape index (κ2) is 6.06. The van der Waals surface area contributed by atoms with Crippen molar-refractivity contribution in [2.24, 2.45) is 5.73 Å². The Morgan fingerprint density at radius 1 is 1.37 bits per heavy atom. The van der Waals surface area contributed by atoms with Gasteiger partial charge in [0.15, 0.2) is 0 Å². The lowest BCUT2D eigenvalue weighted by molar-refractivity contribution is 0.346. The van der Waals surface area contributed by atoms with Gasteiger partial charge in [0.25, 0.3) is 0 Å². The van der Waals surface area contributed by atoms with Crippen LogP contribution in [0.1, 0.15) is 24.0 Å². The number of rotatable bonds is 5. The summed E-state index contributed by atoms with van der Waals surface area (Å²) in [7, 11) is 2.08. The van der Waals surface area contributed by atoms with Crippen molar-refractivity contribution in [1.82, 2.24) is 4.90 Å². The molecule has 1 heterocycles. The zero-order valence-electron chi connectivity index (χ0n) is 11.9. The van der Waals surface area contributed by atoms with E-state index >= 15 is 0 Å². The Labute approximate surface area is 115 Å². The molecule has 0 atom stereocenters. The molecule has 0 amide bonds. The van der Waals surface area contributed by atoms with Crippen molar-refractivity contribution in [3.05, 3.63) is 29.3 Å². The highest BCUT2D eigenvalue weighted by atomic mass is 15.2. The maximum atomic E-state index is 7.71. The first-order valence-corrected chi connectivity index (χ1v) is 6.96. The number of anilines is 1. The summed E-state index contributed by atoms with van der Waals surface area (Å²) < 4.78 is 0. The molecule has 2 rings (SSSR count). The minimum Gasteiger partial charge on any atom is -0.384 e. The predicted octanol–water partition coefficient (Wildman–Crippen LogP) is 1.81. The molecule has 19 heavy (non-hydrogen) atoms. The lowest BCUT2D eigenvalue weighted by Gasteiger charge is -2.25. The Bertz CT molecular complexity index is 449. The van der Waals surface area contributed by atoms with E-state index in [1.165, 1.54) is 25.9 Å². The molecular weight excluding hydrogens is 236 g/mol. The summed E-state index contributed by atoms with van der Waals surface area (Å²) in [6.07, 6.45) is 2.65. The van der Waals surface area contributed by atoms with Crippen molar-refractivity contribution in [3.8, 4) is 0 Å². The number of nitrogens with two attached hydrogens (primary N) is 1. The van der Waals surface area contributed by atoms with E-state index in [-0.39, 0.29) is 5.84 Å². The van der Waals surface area contributed by atoms with Crippen LogP contribution in [0.25, 0.3) is 0 Å². The average Bonchev–Trinajstić information content (AvgIpc) is 2.88. The summed E-state index contributed by atoms with van der Waals surface area (Å²) >= 11 is 0. The van der Waals surface area contributed by atoms with Crippen LogP contribution < -0.4 is 10.6 Å². The minimum absolute atomic E-state index is 0.145. The van der Waals surface area contributed by atoms with Gasteiger partial charge in [-0.3, -0.25) is 5.41 Å². The van der Waals surface area contributed by atoms with E-state index in [4.69, 9.17) is 11.1 Å². The highest BCUT2D eigenvalue weighted by Crippen LogP contribution is 2.20. The fourth-order valence-electron chi connectivity index (χ4n) is 2.62. The van der Waals surface area contributed by atoms with Gasteiger partial charge in [0.05, 0.1) is 0 Å². The number of nitrogens with zero attached hydrogens (tertiary/aromatic N) is 2. The van der Waals surface area contributed by atoms with Crippen molar-refractivity contribution in [3.63, 3.8) is 0 Å². The van der Waals surface area contributed by atoms with Crippen LogP contribution in [0.2, 0.25) is 0 Å². The molecule has 1 fully saturated rings. The highest BCUT2D eigenvalue weighted by Gasteiger charge is 2.14. The predicted molar refractivity (Wildman–Crippen MR) is 81.1 cm³/mol. The Kier molecular flexibility index (Phi) is 4.43. The number of likely N-dealkylation sites (tertiary alicyclic amines) is 1. The zero-order valence-corrected chi connectivity index (χ0v) is 11.9. The number of aryl methyl sites for hydroxylation is 1. The van der Waals surface area contributed by atoms with Crippen LogP contribution in [0.15, 0.2) is 18.2 Å². The van der Waals surface area contributed by atoms with Gasteiger partial charge in [-0.05, 0) is 45.0 Å². The van der Waals surface area contributed by atoms with Crippen molar-refractivity contribution in [1.29, 1.82) is 5.41 Å². The fraction of sp³-hybridized carbons (Fsp3) is 0.533. The number of likely N-dealkylation sites (N-methyl/N-ethyl adjacent to an activating group) is 1. The van der Waals surface area contributed by atoms with Crippen LogP contribution in [0.5, 0.6) is 0 Å². The van der Waals surface area contributed by atoms with Gasteiger partial charge in [-0.1, -0.05) is 11.6 Å². The molecule has 1 saturated heterocycles. The van der Waals surface area contributed by atoms with Crippen LogP contribution in [0.3, 0.4) is 0 Å². The molecule has 0 spiro atoms. The summed E-state index contributed by atoms with van der Waals surface area (Å²) in [6.45, 7) is 6.54. The topological polar surface area (TPSA) is 56.4 Å². The van der Waals surface area contributed by atoms with Crippen LogP contribution in [0.4, 0.5) is 5.69 Å². The summed E-state index contributed by atoms with van der Waals surface area (Å²) in [5.41, 5.74) is 8.72. The van der Waals surface area contributed by atoms with Crippen LogP contribution in [0, 0.1) is 12.3 Å². The molecule has 0 saturated carbocycles. The van der Waals surface area contributed by atoms with Crippen LogP contribution in [-0.4, -0.2) is 44.0 Å². The molecule has 0 bridgehead atoms. The SMILES string of the molecule is Cc1ccc(N(C)CCN2CCCC2)c(C(=N)N)c1. The van der Waals surface area contributed by atoms with Gasteiger partial charge in [-0.2, -0.15) is 0 Å². The standard InChI is InChI=1S/C15H24N4/c1-12-5-6-14(13(11-12)15(16)17)18(2)9-10-19-7-3-4-8-19/h5-6,11H,3-4,7-10H2,1-2H3,(H3,16,17). The number of hydrogen-bond acceptors (Lipinski definition) is 3. The van der Waals surface area contributed by atoms with Gasteiger partial charge in [0.2, 0.25) is 0 Å². The third kappa shape index (κ3) is 3.47. The molecule has 3 N–H and O–H groups in total. The normalized spacial score (nSPS) is 15.7. The Balaban J connectivity index is 2.05. The molecule has 1 aromatic rings. The fourth-order valence-corrected chi connectivity index (χ4v) is 2.62. The minimum atomic E-state index is 0.145. The van der Waals surface area contributed by atoms with Crippen molar-refractivity contribution in [2.45, 2.75) is 19.8 Å². The molecule has 1 aliphatic rings. The maximum absolute atomic E-state index is 7.71. The second-order valence-electron chi connectivity index (χ2n) is 5.40. The largest absolute Gasteiger partial charge is 0.384 e. The lowest BCUT2D eigenvalue weighted by Crippen LogP contribution is -2.32. The number of benzene rings is 1.